The first-order valence-corrected chi connectivity index (χ1v) is 5.50. The third kappa shape index (κ3) is 3.29. The van der Waals surface area contributed by atoms with Gasteiger partial charge >= 0.3 is 5.97 Å². The number of carbonyl (C=O) groups excluding carboxylic acids is 1. The maximum Gasteiger partial charge on any atom is 0.308 e. The van der Waals surface area contributed by atoms with Gasteiger partial charge in [0.1, 0.15) is 0 Å². The Kier molecular flexibility index (Phi) is 3.93. The summed E-state index contributed by atoms with van der Waals surface area (Å²) >= 11 is 0. The lowest BCUT2D eigenvalue weighted by Crippen LogP contribution is -2.38. The minimum atomic E-state index is -0.187. The van der Waals surface area contributed by atoms with Crippen molar-refractivity contribution in [3.05, 3.63) is 0 Å². The topological polar surface area (TPSA) is 52.3 Å². The summed E-state index contributed by atoms with van der Waals surface area (Å²) in [6.07, 6.45) is 4.94. The average molecular weight is 199 g/mol. The van der Waals surface area contributed by atoms with Crippen LogP contribution in [-0.4, -0.2) is 18.1 Å². The molecule has 0 aromatic rings. The van der Waals surface area contributed by atoms with Gasteiger partial charge in [0.15, 0.2) is 0 Å². The van der Waals surface area contributed by atoms with Crippen LogP contribution in [0.25, 0.3) is 0 Å². The molecule has 0 aromatic carbocycles. The summed E-state index contributed by atoms with van der Waals surface area (Å²) in [4.78, 5) is 11.6. The molecule has 1 fully saturated rings. The molecule has 1 aliphatic rings. The fourth-order valence-corrected chi connectivity index (χ4v) is 2.15. The highest BCUT2D eigenvalue weighted by Crippen LogP contribution is 2.29. The Bertz CT molecular complexity index is 201. The Morgan fingerprint density at radius 3 is 2.93 bits per heavy atom. The molecule has 1 rings (SSSR count). The lowest BCUT2D eigenvalue weighted by Gasteiger charge is -2.25. The lowest BCUT2D eigenvalue weighted by atomic mass is 9.88. The van der Waals surface area contributed by atoms with Gasteiger partial charge < -0.3 is 10.5 Å². The number of esters is 1. The third-order valence-corrected chi connectivity index (χ3v) is 2.88. The van der Waals surface area contributed by atoms with E-state index in [4.69, 9.17) is 10.5 Å². The van der Waals surface area contributed by atoms with E-state index in [1.54, 1.807) is 0 Å². The molecular weight excluding hydrogens is 178 g/mol. The summed E-state index contributed by atoms with van der Waals surface area (Å²) in [6.45, 7) is 4.34. The summed E-state index contributed by atoms with van der Waals surface area (Å²) in [5, 5.41) is 0. The van der Waals surface area contributed by atoms with Gasteiger partial charge in [-0.15, -0.1) is 0 Å². The van der Waals surface area contributed by atoms with Crippen LogP contribution in [0.15, 0.2) is 0 Å². The summed E-state index contributed by atoms with van der Waals surface area (Å²) < 4.78 is 5.04. The summed E-state index contributed by atoms with van der Waals surface area (Å²) in [5.74, 6) is -0.0430. The number of ether oxygens (including phenoxy) is 1. The van der Waals surface area contributed by atoms with Crippen LogP contribution in [0.4, 0.5) is 0 Å². The van der Waals surface area contributed by atoms with Crippen LogP contribution in [-0.2, 0) is 9.53 Å². The molecule has 0 amide bonds. The van der Waals surface area contributed by atoms with Crippen molar-refractivity contribution in [3.8, 4) is 0 Å². The van der Waals surface area contributed by atoms with Crippen LogP contribution in [0.1, 0.15) is 46.0 Å². The van der Waals surface area contributed by atoms with Crippen molar-refractivity contribution in [2.24, 2.45) is 11.7 Å². The normalized spacial score (nSPS) is 33.5. The molecule has 3 nitrogen and oxygen atoms in total. The van der Waals surface area contributed by atoms with E-state index in [1.165, 1.54) is 0 Å². The highest BCUT2D eigenvalue weighted by molar-refractivity contribution is 5.72. The van der Waals surface area contributed by atoms with Crippen LogP contribution >= 0.6 is 0 Å². The standard InChI is InChI=1S/C11H21NO2/c1-3-14-10(13)9-6-4-5-7-11(2,12)8-9/h9H,3-8,12H2,1-2H3. The van der Waals surface area contributed by atoms with Crippen molar-refractivity contribution in [3.63, 3.8) is 0 Å². The van der Waals surface area contributed by atoms with Crippen LogP contribution in [0.3, 0.4) is 0 Å². The van der Waals surface area contributed by atoms with E-state index < -0.39 is 0 Å². The van der Waals surface area contributed by atoms with Gasteiger partial charge in [0.25, 0.3) is 0 Å². The zero-order chi connectivity index (χ0) is 10.6. The number of hydrogen-bond donors (Lipinski definition) is 1. The van der Waals surface area contributed by atoms with Crippen LogP contribution in [0.5, 0.6) is 0 Å². The van der Waals surface area contributed by atoms with E-state index in [1.807, 2.05) is 13.8 Å². The Labute approximate surface area is 86.0 Å². The van der Waals surface area contributed by atoms with Crippen molar-refractivity contribution in [1.29, 1.82) is 0 Å². The van der Waals surface area contributed by atoms with E-state index in [-0.39, 0.29) is 17.4 Å². The molecule has 0 aromatic heterocycles. The molecule has 82 valence electrons. The minimum absolute atomic E-state index is 0.0208. The third-order valence-electron chi connectivity index (χ3n) is 2.88. The van der Waals surface area contributed by atoms with Crippen molar-refractivity contribution in [2.75, 3.05) is 6.61 Å². The van der Waals surface area contributed by atoms with E-state index in [9.17, 15) is 4.79 Å². The molecule has 0 heterocycles. The quantitative estimate of drug-likeness (QED) is 0.545. The highest BCUT2D eigenvalue weighted by atomic mass is 16.5. The molecular formula is C11H21NO2. The maximum absolute atomic E-state index is 11.6. The van der Waals surface area contributed by atoms with Gasteiger partial charge in [0.2, 0.25) is 0 Å². The van der Waals surface area contributed by atoms with Gasteiger partial charge in [-0.3, -0.25) is 4.79 Å². The second kappa shape index (κ2) is 4.78. The van der Waals surface area contributed by atoms with Gasteiger partial charge in [-0.05, 0) is 33.1 Å². The molecule has 0 saturated heterocycles. The largest absolute Gasteiger partial charge is 0.466 e. The monoisotopic (exact) mass is 199 g/mol. The van der Waals surface area contributed by atoms with Crippen molar-refractivity contribution in [1.82, 2.24) is 0 Å². The maximum atomic E-state index is 11.6. The van der Waals surface area contributed by atoms with E-state index in [2.05, 4.69) is 0 Å². The molecule has 0 radical (unpaired) electrons. The smallest absolute Gasteiger partial charge is 0.308 e. The molecule has 1 aliphatic carbocycles. The second-order valence-electron chi connectivity index (χ2n) is 4.55. The van der Waals surface area contributed by atoms with E-state index in [0.29, 0.717) is 6.61 Å². The molecule has 2 unspecified atom stereocenters. The number of carbonyl (C=O) groups is 1. The first-order chi connectivity index (χ1) is 6.55. The number of rotatable bonds is 2. The lowest BCUT2D eigenvalue weighted by molar-refractivity contribution is -0.148. The molecule has 1 saturated carbocycles. The first kappa shape index (κ1) is 11.5. The molecule has 0 bridgehead atoms. The summed E-state index contributed by atoms with van der Waals surface area (Å²) in [5.41, 5.74) is 5.91. The Morgan fingerprint density at radius 2 is 2.29 bits per heavy atom. The molecule has 0 spiro atoms. The average Bonchev–Trinajstić information content (AvgIpc) is 2.27. The Balaban J connectivity index is 2.55. The van der Waals surface area contributed by atoms with Gasteiger partial charge in [0.05, 0.1) is 12.5 Å². The van der Waals surface area contributed by atoms with Crippen LogP contribution < -0.4 is 5.73 Å². The van der Waals surface area contributed by atoms with Gasteiger partial charge in [-0.2, -0.15) is 0 Å². The zero-order valence-electron chi connectivity index (χ0n) is 9.21. The minimum Gasteiger partial charge on any atom is -0.466 e. The fraction of sp³-hybridized carbons (Fsp3) is 0.909. The molecule has 2 N–H and O–H groups in total. The van der Waals surface area contributed by atoms with Crippen LogP contribution in [0, 0.1) is 5.92 Å². The Morgan fingerprint density at radius 1 is 1.57 bits per heavy atom. The molecule has 3 heteroatoms. The van der Waals surface area contributed by atoms with E-state index >= 15 is 0 Å². The predicted molar refractivity (Wildman–Crippen MR) is 55.8 cm³/mol. The second-order valence-corrected chi connectivity index (χ2v) is 4.55. The van der Waals surface area contributed by atoms with E-state index in [0.717, 1.165) is 32.1 Å². The Hall–Kier alpha value is -0.570. The van der Waals surface area contributed by atoms with Gasteiger partial charge in [0, 0.05) is 5.54 Å². The summed E-state index contributed by atoms with van der Waals surface area (Å²) in [7, 11) is 0. The van der Waals surface area contributed by atoms with Gasteiger partial charge in [-0.1, -0.05) is 12.8 Å². The highest BCUT2D eigenvalue weighted by Gasteiger charge is 2.31. The van der Waals surface area contributed by atoms with Crippen LogP contribution in [0.2, 0.25) is 0 Å². The number of nitrogens with two attached hydrogens (primary N) is 1. The first-order valence-electron chi connectivity index (χ1n) is 5.50. The SMILES string of the molecule is CCOC(=O)C1CCCCC(C)(N)C1. The fourth-order valence-electron chi connectivity index (χ4n) is 2.15. The predicted octanol–water partition coefficient (Wildman–Crippen LogP) is 1.85. The molecule has 2 atom stereocenters. The van der Waals surface area contributed by atoms with Crippen molar-refractivity contribution < 1.29 is 9.53 Å². The summed E-state index contributed by atoms with van der Waals surface area (Å²) in [6, 6.07) is 0. The van der Waals surface area contributed by atoms with Crippen molar-refractivity contribution in [2.45, 2.75) is 51.5 Å². The van der Waals surface area contributed by atoms with Crippen molar-refractivity contribution >= 4 is 5.97 Å². The number of hydrogen-bond acceptors (Lipinski definition) is 3. The zero-order valence-corrected chi connectivity index (χ0v) is 9.21. The molecule has 0 aliphatic heterocycles. The molecule has 14 heavy (non-hydrogen) atoms. The van der Waals surface area contributed by atoms with Gasteiger partial charge in [-0.25, -0.2) is 0 Å².